The van der Waals surface area contributed by atoms with Gasteiger partial charge in [-0.05, 0) is 69.3 Å². The number of fused-ring (bicyclic) bond motifs is 1. The zero-order valence-corrected chi connectivity index (χ0v) is 29.5. The molecule has 1 aromatic heterocycles. The largest absolute Gasteiger partial charge is 0.506 e. The summed E-state index contributed by atoms with van der Waals surface area (Å²) in [7, 11) is 0. The van der Waals surface area contributed by atoms with Gasteiger partial charge >= 0.3 is 12.1 Å². The number of carboxylic acids is 1. The summed E-state index contributed by atoms with van der Waals surface area (Å²) < 4.78 is 45.1. The lowest BCUT2D eigenvalue weighted by Gasteiger charge is -2.34. The molecule has 2 heterocycles. The molecule has 52 heavy (non-hydrogen) atoms. The number of aromatic nitrogens is 3. The van der Waals surface area contributed by atoms with Crippen LogP contribution in [-0.4, -0.2) is 99.6 Å². The molecule has 16 heteroatoms. The zero-order valence-electron chi connectivity index (χ0n) is 29.5. The maximum Gasteiger partial charge on any atom is 0.490 e. The molecule has 5 rings (SSSR count). The van der Waals surface area contributed by atoms with E-state index in [4.69, 9.17) is 19.4 Å². The Bertz CT molecular complexity index is 1640. The van der Waals surface area contributed by atoms with E-state index in [1.54, 1.807) is 6.07 Å². The minimum Gasteiger partial charge on any atom is -0.506 e. The van der Waals surface area contributed by atoms with E-state index in [1.165, 1.54) is 6.42 Å². The highest BCUT2D eigenvalue weighted by atomic mass is 19.4. The number of amides is 2. The summed E-state index contributed by atoms with van der Waals surface area (Å²) in [4.78, 5) is 36.0. The molecule has 2 aromatic carbocycles. The number of rotatable bonds is 15. The Morgan fingerprint density at radius 3 is 2.56 bits per heavy atom. The van der Waals surface area contributed by atoms with E-state index < -0.39 is 12.1 Å². The molecule has 4 N–H and O–H groups in total. The molecule has 1 aliphatic heterocycles. The number of anilines is 1. The van der Waals surface area contributed by atoms with Crippen molar-refractivity contribution in [1.82, 2.24) is 25.2 Å². The second-order valence-electron chi connectivity index (χ2n) is 13.0. The van der Waals surface area contributed by atoms with Gasteiger partial charge < -0.3 is 35.2 Å². The van der Waals surface area contributed by atoms with Crippen LogP contribution in [0.3, 0.4) is 0 Å². The number of nitrogens with zero attached hydrogens (tertiary/aromatic N) is 4. The number of alkyl halides is 3. The highest BCUT2D eigenvalue weighted by molar-refractivity contribution is 5.97. The summed E-state index contributed by atoms with van der Waals surface area (Å²) in [6, 6.07) is 12.2. The molecular formula is C36H47F3N6O7. The van der Waals surface area contributed by atoms with Crippen molar-refractivity contribution in [1.29, 1.82) is 0 Å². The van der Waals surface area contributed by atoms with E-state index in [1.807, 2.05) is 29.1 Å². The van der Waals surface area contributed by atoms with Crippen LogP contribution in [0, 0.1) is 0 Å². The topological polar surface area (TPSA) is 168 Å². The van der Waals surface area contributed by atoms with Crippen molar-refractivity contribution in [3.05, 3.63) is 53.7 Å². The zero-order chi connectivity index (χ0) is 37.7. The van der Waals surface area contributed by atoms with Crippen molar-refractivity contribution in [3.63, 3.8) is 0 Å². The van der Waals surface area contributed by atoms with E-state index >= 15 is 0 Å². The number of carboxylic acid groups (broad SMARTS) is 1. The Morgan fingerprint density at radius 2 is 1.87 bits per heavy atom. The van der Waals surface area contributed by atoms with E-state index in [0.717, 1.165) is 54.5 Å². The number of carbonyl (C=O) groups is 3. The number of halogens is 3. The van der Waals surface area contributed by atoms with Gasteiger partial charge in [-0.1, -0.05) is 48.7 Å². The number of carbonyl (C=O) groups excluding carboxylic acids is 2. The molecule has 1 aliphatic carbocycles. The Labute approximate surface area is 300 Å². The number of nitrogens with one attached hydrogen (secondary N) is 2. The van der Waals surface area contributed by atoms with Crippen LogP contribution in [0.5, 0.6) is 11.5 Å². The third kappa shape index (κ3) is 11.9. The van der Waals surface area contributed by atoms with E-state index in [2.05, 4.69) is 51.8 Å². The van der Waals surface area contributed by atoms with Crippen LogP contribution in [0.4, 0.5) is 18.9 Å². The van der Waals surface area contributed by atoms with Gasteiger partial charge in [-0.3, -0.25) is 9.59 Å². The monoisotopic (exact) mass is 732 g/mol. The molecule has 1 saturated carbocycles. The second-order valence-corrected chi connectivity index (χ2v) is 13.0. The van der Waals surface area contributed by atoms with Gasteiger partial charge in [-0.25, -0.2) is 9.48 Å². The first-order valence-electron chi connectivity index (χ1n) is 17.5. The van der Waals surface area contributed by atoms with Crippen LogP contribution < -0.4 is 15.4 Å². The Kier molecular flexibility index (Phi) is 14.8. The number of aromatic hydroxyl groups is 1. The van der Waals surface area contributed by atoms with Crippen molar-refractivity contribution < 1.29 is 47.2 Å². The SMILES string of the molecule is CC(C)n1cc(-c2cccc(CCOCCC(=O)N(CCNCCc3ccc(O)c4c3OCC(=O)N4)C3CCCCC3)c2)nn1.O=C(O)C(F)(F)F. The third-order valence-corrected chi connectivity index (χ3v) is 8.77. The standard InChI is InChI=1S/C34H46N6O5.C2HF3O2/c1-24(2)40-22-29(37-38-40)27-8-6-7-25(21-27)14-19-44-20-15-32(43)39(28-9-4-3-5-10-28)18-17-35-16-13-26-11-12-30(41)33-34(26)45-23-31(42)36-33;3-2(4,5)1(6)7/h6-8,11-12,21-22,24,28,35,41H,3-5,9-10,13-20,23H2,1-2H3,(H,36,42);(H,6,7). The summed E-state index contributed by atoms with van der Waals surface area (Å²) in [5, 5.41) is 31.9. The molecule has 0 atom stereocenters. The lowest BCUT2D eigenvalue weighted by Crippen LogP contribution is -2.45. The predicted molar refractivity (Wildman–Crippen MR) is 186 cm³/mol. The minimum atomic E-state index is -5.08. The van der Waals surface area contributed by atoms with Crippen LogP contribution in [-0.2, 0) is 32.0 Å². The lowest BCUT2D eigenvalue weighted by atomic mass is 9.94. The number of hydrogen-bond donors (Lipinski definition) is 4. The summed E-state index contributed by atoms with van der Waals surface area (Å²) in [6.07, 6.45) is 4.35. The van der Waals surface area contributed by atoms with Gasteiger partial charge in [0.2, 0.25) is 5.91 Å². The van der Waals surface area contributed by atoms with E-state index in [-0.39, 0.29) is 36.3 Å². The summed E-state index contributed by atoms with van der Waals surface area (Å²) in [6.45, 7) is 7.07. The van der Waals surface area contributed by atoms with Crippen molar-refractivity contribution in [2.45, 2.75) is 83.5 Å². The highest BCUT2D eigenvalue weighted by Crippen LogP contribution is 2.39. The number of phenolic OH excluding ortho intramolecular Hbond substituents is 1. The average molecular weight is 733 g/mol. The second kappa shape index (κ2) is 19.2. The number of phenols is 1. The predicted octanol–water partition coefficient (Wildman–Crippen LogP) is 5.14. The fourth-order valence-corrected chi connectivity index (χ4v) is 6.01. The van der Waals surface area contributed by atoms with Gasteiger partial charge in [-0.15, -0.1) is 5.10 Å². The van der Waals surface area contributed by atoms with Crippen molar-refractivity contribution in [3.8, 4) is 22.8 Å². The van der Waals surface area contributed by atoms with Crippen LogP contribution in [0.25, 0.3) is 11.3 Å². The quantitative estimate of drug-likeness (QED) is 0.121. The lowest BCUT2D eigenvalue weighted by molar-refractivity contribution is -0.192. The molecular weight excluding hydrogens is 685 g/mol. The van der Waals surface area contributed by atoms with Crippen LogP contribution >= 0.6 is 0 Å². The van der Waals surface area contributed by atoms with Gasteiger partial charge in [0.15, 0.2) is 12.4 Å². The van der Waals surface area contributed by atoms with Crippen LogP contribution in [0.2, 0.25) is 0 Å². The molecule has 2 aliphatic rings. The first kappa shape index (κ1) is 40.1. The molecule has 0 radical (unpaired) electrons. The van der Waals surface area contributed by atoms with Crippen LogP contribution in [0.1, 0.15) is 69.5 Å². The van der Waals surface area contributed by atoms with Crippen molar-refractivity contribution in [2.24, 2.45) is 0 Å². The van der Waals surface area contributed by atoms with Gasteiger partial charge in [0, 0.05) is 30.7 Å². The molecule has 13 nitrogen and oxygen atoms in total. The van der Waals surface area contributed by atoms with E-state index in [0.29, 0.717) is 57.1 Å². The normalized spacial score (nSPS) is 14.5. The summed E-state index contributed by atoms with van der Waals surface area (Å²) in [5.41, 5.74) is 4.31. The average Bonchev–Trinajstić information content (AvgIpc) is 3.62. The molecule has 1 fully saturated rings. The van der Waals surface area contributed by atoms with Crippen molar-refractivity contribution in [2.75, 3.05) is 44.8 Å². The molecule has 0 bridgehead atoms. The third-order valence-electron chi connectivity index (χ3n) is 8.77. The Balaban J connectivity index is 0.000000785. The fraction of sp³-hybridized carbons (Fsp3) is 0.528. The van der Waals surface area contributed by atoms with E-state index in [9.17, 15) is 27.9 Å². The number of hydrogen-bond acceptors (Lipinski definition) is 9. The minimum absolute atomic E-state index is 0.00179. The summed E-state index contributed by atoms with van der Waals surface area (Å²) in [5.74, 6) is -2.36. The molecule has 0 saturated heterocycles. The maximum atomic E-state index is 13.4. The number of aliphatic carboxylic acids is 1. The maximum absolute atomic E-state index is 13.4. The first-order chi connectivity index (χ1) is 24.8. The molecule has 284 valence electrons. The fourth-order valence-electron chi connectivity index (χ4n) is 6.01. The van der Waals surface area contributed by atoms with Gasteiger partial charge in [0.05, 0.1) is 25.8 Å². The molecule has 0 spiro atoms. The first-order valence-corrected chi connectivity index (χ1v) is 17.5. The highest BCUT2D eigenvalue weighted by Gasteiger charge is 2.38. The van der Waals surface area contributed by atoms with Crippen molar-refractivity contribution >= 4 is 23.5 Å². The summed E-state index contributed by atoms with van der Waals surface area (Å²) >= 11 is 0. The van der Waals surface area contributed by atoms with Crippen LogP contribution in [0.15, 0.2) is 42.6 Å². The number of ether oxygens (including phenoxy) is 2. The number of benzene rings is 2. The molecule has 3 aromatic rings. The Hall–Kier alpha value is -4.70. The molecule has 0 unspecified atom stereocenters. The van der Waals surface area contributed by atoms with Gasteiger partial charge in [0.1, 0.15) is 17.1 Å². The van der Waals surface area contributed by atoms with Gasteiger partial charge in [-0.2, -0.15) is 13.2 Å². The Morgan fingerprint density at radius 1 is 1.12 bits per heavy atom. The molecule has 2 amide bonds. The van der Waals surface area contributed by atoms with Gasteiger partial charge in [0.25, 0.3) is 5.91 Å². The smallest absolute Gasteiger partial charge is 0.490 e.